The van der Waals surface area contributed by atoms with Crippen molar-refractivity contribution in [3.8, 4) is 0 Å². The summed E-state index contributed by atoms with van der Waals surface area (Å²) in [4.78, 5) is 25.1. The second-order valence-electron chi connectivity index (χ2n) is 7.75. The van der Waals surface area contributed by atoms with Crippen molar-refractivity contribution in [2.75, 3.05) is 13.2 Å². The number of amides is 2. The van der Waals surface area contributed by atoms with Gasteiger partial charge in [-0.25, -0.2) is 0 Å². The molecule has 3 atom stereocenters. The molecule has 3 aliphatic rings. The number of rotatable bonds is 4. The number of ether oxygens (including phenoxy) is 2. The van der Waals surface area contributed by atoms with Gasteiger partial charge >= 0.3 is 0 Å². The summed E-state index contributed by atoms with van der Waals surface area (Å²) in [5, 5.41) is 2.96. The number of primary amides is 1. The summed E-state index contributed by atoms with van der Waals surface area (Å²) in [7, 11) is 0. The van der Waals surface area contributed by atoms with E-state index in [1.165, 1.54) is 0 Å². The summed E-state index contributed by atoms with van der Waals surface area (Å²) in [5.74, 6) is -0.107. The molecule has 27 heavy (non-hydrogen) atoms. The van der Waals surface area contributed by atoms with E-state index in [9.17, 15) is 9.59 Å². The maximum atomic E-state index is 12.8. The molecule has 2 heterocycles. The zero-order valence-corrected chi connectivity index (χ0v) is 15.5. The van der Waals surface area contributed by atoms with Crippen molar-refractivity contribution in [3.63, 3.8) is 0 Å². The van der Waals surface area contributed by atoms with Crippen molar-refractivity contribution in [2.45, 2.75) is 38.3 Å². The molecule has 2 aliphatic heterocycles. The van der Waals surface area contributed by atoms with Crippen LogP contribution in [0.25, 0.3) is 0 Å². The van der Waals surface area contributed by atoms with E-state index >= 15 is 0 Å². The molecule has 142 valence electrons. The number of hydrogen-bond donors (Lipinski definition) is 2. The standard InChI is InChI=1S/C21H24N2O4/c1-12-17(13-6-4-3-5-7-13)16-8-14(19(24)23-15-10-26-11-15)9-21(2,20(22)25)18(16)27-12/h3-8,12,15,17H,9-11H2,1-2H3,(H2,22,25)(H,23,24). The third-order valence-electron chi connectivity index (χ3n) is 5.71. The SMILES string of the molecule is CC1OC2=C(C=C(C(=O)NC3COC3)CC2(C)C(N)=O)C1c1ccccc1. The summed E-state index contributed by atoms with van der Waals surface area (Å²) < 4.78 is 11.3. The first-order valence-electron chi connectivity index (χ1n) is 9.25. The van der Waals surface area contributed by atoms with Crippen LogP contribution in [0, 0.1) is 5.41 Å². The fourth-order valence-electron chi connectivity index (χ4n) is 4.07. The van der Waals surface area contributed by atoms with Gasteiger partial charge in [-0.1, -0.05) is 30.3 Å². The highest BCUT2D eigenvalue weighted by Crippen LogP contribution is 2.51. The zero-order chi connectivity index (χ0) is 19.2. The van der Waals surface area contributed by atoms with Crippen LogP contribution in [0.4, 0.5) is 0 Å². The average Bonchev–Trinajstić information content (AvgIpc) is 2.95. The van der Waals surface area contributed by atoms with Gasteiger partial charge < -0.3 is 20.5 Å². The van der Waals surface area contributed by atoms with E-state index in [4.69, 9.17) is 15.2 Å². The molecule has 1 aromatic rings. The molecule has 4 rings (SSSR count). The fraction of sp³-hybridized carbons (Fsp3) is 0.429. The third-order valence-corrected chi connectivity index (χ3v) is 5.71. The molecule has 0 spiro atoms. The van der Waals surface area contributed by atoms with Crippen LogP contribution in [0.2, 0.25) is 0 Å². The minimum Gasteiger partial charge on any atom is -0.493 e. The highest BCUT2D eigenvalue weighted by molar-refractivity contribution is 5.97. The van der Waals surface area contributed by atoms with Gasteiger partial charge in [-0.3, -0.25) is 9.59 Å². The molecule has 0 aromatic heterocycles. The van der Waals surface area contributed by atoms with E-state index in [0.29, 0.717) is 24.5 Å². The monoisotopic (exact) mass is 368 g/mol. The van der Waals surface area contributed by atoms with Crippen LogP contribution in [0.3, 0.4) is 0 Å². The van der Waals surface area contributed by atoms with Crippen molar-refractivity contribution in [1.29, 1.82) is 0 Å². The zero-order valence-electron chi connectivity index (χ0n) is 15.5. The molecule has 1 aliphatic carbocycles. The second kappa shape index (κ2) is 6.53. The summed E-state index contributed by atoms with van der Waals surface area (Å²) in [6.07, 6.45) is 1.97. The normalized spacial score (nSPS) is 30.1. The molecule has 2 amide bonds. The lowest BCUT2D eigenvalue weighted by Crippen LogP contribution is -2.50. The van der Waals surface area contributed by atoms with Crippen LogP contribution in [-0.2, 0) is 19.1 Å². The van der Waals surface area contributed by atoms with Gasteiger partial charge in [0.2, 0.25) is 11.8 Å². The Labute approximate surface area is 158 Å². The van der Waals surface area contributed by atoms with E-state index in [0.717, 1.165) is 11.1 Å². The van der Waals surface area contributed by atoms with Gasteiger partial charge in [0, 0.05) is 17.1 Å². The molecule has 6 nitrogen and oxygen atoms in total. The summed E-state index contributed by atoms with van der Waals surface area (Å²) in [6.45, 7) is 4.79. The second-order valence-corrected chi connectivity index (χ2v) is 7.75. The van der Waals surface area contributed by atoms with Crippen LogP contribution < -0.4 is 11.1 Å². The Bertz CT molecular complexity index is 841. The van der Waals surface area contributed by atoms with E-state index in [1.807, 2.05) is 43.3 Å². The average molecular weight is 368 g/mol. The molecule has 3 N–H and O–H groups in total. The van der Waals surface area contributed by atoms with Gasteiger partial charge in [-0.2, -0.15) is 0 Å². The number of carbonyl (C=O) groups is 2. The first-order chi connectivity index (χ1) is 12.9. The predicted molar refractivity (Wildman–Crippen MR) is 99.5 cm³/mol. The lowest BCUT2D eigenvalue weighted by Gasteiger charge is -2.33. The Morgan fingerprint density at radius 3 is 2.52 bits per heavy atom. The minimum absolute atomic E-state index is 0.0253. The van der Waals surface area contributed by atoms with Crippen LogP contribution in [-0.4, -0.2) is 37.2 Å². The van der Waals surface area contributed by atoms with Gasteiger partial charge in [0.15, 0.2) is 0 Å². The van der Waals surface area contributed by atoms with Crippen molar-refractivity contribution in [3.05, 3.63) is 58.9 Å². The van der Waals surface area contributed by atoms with Gasteiger partial charge in [0.05, 0.1) is 19.3 Å². The van der Waals surface area contributed by atoms with Crippen molar-refractivity contribution in [1.82, 2.24) is 5.32 Å². The highest BCUT2D eigenvalue weighted by atomic mass is 16.5. The van der Waals surface area contributed by atoms with E-state index < -0.39 is 11.3 Å². The van der Waals surface area contributed by atoms with E-state index in [1.54, 1.807) is 6.92 Å². The largest absolute Gasteiger partial charge is 0.493 e. The predicted octanol–water partition coefficient (Wildman–Crippen LogP) is 1.78. The van der Waals surface area contributed by atoms with Crippen LogP contribution in [0.5, 0.6) is 0 Å². The molecule has 3 unspecified atom stereocenters. The number of nitrogens with two attached hydrogens (primary N) is 1. The molecule has 1 aromatic carbocycles. The van der Waals surface area contributed by atoms with Gasteiger partial charge in [-0.05, 0) is 31.9 Å². The molecule has 1 fully saturated rings. The number of carbonyl (C=O) groups excluding carboxylic acids is 2. The van der Waals surface area contributed by atoms with Crippen molar-refractivity contribution in [2.24, 2.45) is 11.1 Å². The summed E-state index contributed by atoms with van der Waals surface area (Å²) in [5.41, 5.74) is 7.24. The van der Waals surface area contributed by atoms with Crippen molar-refractivity contribution < 1.29 is 19.1 Å². The molecule has 1 saturated heterocycles. The number of hydrogen-bond acceptors (Lipinski definition) is 4. The van der Waals surface area contributed by atoms with Crippen LogP contribution >= 0.6 is 0 Å². The topological polar surface area (TPSA) is 90.7 Å². The highest BCUT2D eigenvalue weighted by Gasteiger charge is 2.49. The van der Waals surface area contributed by atoms with Crippen LogP contribution in [0.1, 0.15) is 31.7 Å². The first-order valence-corrected chi connectivity index (χ1v) is 9.25. The minimum atomic E-state index is -1.04. The Balaban J connectivity index is 1.75. The van der Waals surface area contributed by atoms with E-state index in [-0.39, 0.29) is 30.4 Å². The Kier molecular flexibility index (Phi) is 4.30. The molecular formula is C21H24N2O4. The van der Waals surface area contributed by atoms with Gasteiger partial charge in [0.1, 0.15) is 17.3 Å². The number of allylic oxidation sites excluding steroid dienone is 1. The van der Waals surface area contributed by atoms with Crippen molar-refractivity contribution >= 4 is 11.8 Å². The number of benzene rings is 1. The maximum absolute atomic E-state index is 12.8. The Hall–Kier alpha value is -2.60. The lowest BCUT2D eigenvalue weighted by atomic mass is 9.72. The van der Waals surface area contributed by atoms with Gasteiger partial charge in [0.25, 0.3) is 0 Å². The quantitative estimate of drug-likeness (QED) is 0.848. The van der Waals surface area contributed by atoms with Gasteiger partial charge in [-0.15, -0.1) is 0 Å². The molecular weight excluding hydrogens is 344 g/mol. The Morgan fingerprint density at radius 1 is 1.22 bits per heavy atom. The Morgan fingerprint density at radius 2 is 1.93 bits per heavy atom. The molecule has 6 heteroatoms. The first kappa shape index (κ1) is 17.8. The van der Waals surface area contributed by atoms with Crippen LogP contribution in [0.15, 0.2) is 53.3 Å². The lowest BCUT2D eigenvalue weighted by molar-refractivity contribution is -0.127. The smallest absolute Gasteiger partial charge is 0.247 e. The molecule has 0 saturated carbocycles. The summed E-state index contributed by atoms with van der Waals surface area (Å²) in [6, 6.07) is 10.0. The molecule has 0 radical (unpaired) electrons. The number of nitrogens with one attached hydrogen (secondary N) is 1. The fourth-order valence-corrected chi connectivity index (χ4v) is 4.07. The summed E-state index contributed by atoms with van der Waals surface area (Å²) >= 11 is 0. The molecule has 0 bridgehead atoms. The third kappa shape index (κ3) is 2.94. The maximum Gasteiger partial charge on any atom is 0.247 e. The van der Waals surface area contributed by atoms with E-state index in [2.05, 4.69) is 5.32 Å².